The number of imidazole rings is 1. The molecule has 22 heavy (non-hydrogen) atoms. The summed E-state index contributed by atoms with van der Waals surface area (Å²) >= 11 is 0. The van der Waals surface area contributed by atoms with Gasteiger partial charge in [0, 0.05) is 18.1 Å². The lowest BCUT2D eigenvalue weighted by Crippen LogP contribution is -2.08. The molecule has 0 amide bonds. The summed E-state index contributed by atoms with van der Waals surface area (Å²) in [4.78, 5) is 4.16. The lowest BCUT2D eigenvalue weighted by Gasteiger charge is -2.14. The van der Waals surface area contributed by atoms with Gasteiger partial charge in [-0.15, -0.1) is 0 Å². The van der Waals surface area contributed by atoms with Crippen LogP contribution >= 0.6 is 0 Å². The summed E-state index contributed by atoms with van der Waals surface area (Å²) < 4.78 is 4.10. The van der Waals surface area contributed by atoms with E-state index in [2.05, 4.69) is 61.6 Å². The third kappa shape index (κ3) is 2.56. The summed E-state index contributed by atoms with van der Waals surface area (Å²) in [6.45, 7) is 8.77. The second kappa shape index (κ2) is 5.79. The summed E-state index contributed by atoms with van der Waals surface area (Å²) in [6, 6.07) is 10.5. The van der Waals surface area contributed by atoms with Crippen molar-refractivity contribution < 1.29 is 0 Å². The van der Waals surface area contributed by atoms with Crippen LogP contribution in [0.15, 0.2) is 49.1 Å². The molecule has 0 aliphatic heterocycles. The number of para-hydroxylation sites is 2. The van der Waals surface area contributed by atoms with Gasteiger partial charge in [0.2, 0.25) is 0 Å². The molecule has 0 aliphatic rings. The van der Waals surface area contributed by atoms with E-state index in [-0.39, 0.29) is 0 Å². The minimum Gasteiger partial charge on any atom is -0.304 e. The minimum absolute atomic E-state index is 0.413. The molecule has 4 heteroatoms. The Morgan fingerprint density at radius 3 is 2.27 bits per heavy atom. The molecular formula is C18H22N4. The van der Waals surface area contributed by atoms with Crippen molar-refractivity contribution in [3.05, 3.63) is 60.4 Å². The van der Waals surface area contributed by atoms with E-state index in [4.69, 9.17) is 5.10 Å². The average molecular weight is 294 g/mol. The van der Waals surface area contributed by atoms with Crippen LogP contribution in [0.2, 0.25) is 0 Å². The third-order valence-electron chi connectivity index (χ3n) is 3.83. The van der Waals surface area contributed by atoms with Gasteiger partial charge in [0.15, 0.2) is 0 Å². The zero-order valence-electron chi connectivity index (χ0n) is 13.6. The Balaban J connectivity index is 2.20. The first-order valence-electron chi connectivity index (χ1n) is 7.75. The Morgan fingerprint density at radius 2 is 1.68 bits per heavy atom. The van der Waals surface area contributed by atoms with Crippen molar-refractivity contribution in [1.82, 2.24) is 19.3 Å². The van der Waals surface area contributed by atoms with Crippen LogP contribution in [0.3, 0.4) is 0 Å². The maximum Gasteiger partial charge on any atom is 0.0992 e. The number of rotatable bonds is 4. The van der Waals surface area contributed by atoms with Crippen LogP contribution in [0.5, 0.6) is 0 Å². The van der Waals surface area contributed by atoms with Gasteiger partial charge in [-0.05, 0) is 30.0 Å². The monoisotopic (exact) mass is 294 g/mol. The maximum absolute atomic E-state index is 4.85. The van der Waals surface area contributed by atoms with E-state index in [9.17, 15) is 0 Å². The molecule has 114 valence electrons. The lowest BCUT2D eigenvalue weighted by molar-refractivity contribution is 0.711. The zero-order valence-corrected chi connectivity index (χ0v) is 13.6. The minimum atomic E-state index is 0.413. The van der Waals surface area contributed by atoms with Gasteiger partial charge in [0.1, 0.15) is 0 Å². The molecule has 0 fully saturated rings. The van der Waals surface area contributed by atoms with Gasteiger partial charge in [-0.3, -0.25) is 0 Å². The molecule has 0 bridgehead atoms. The Labute approximate surface area is 131 Å². The molecule has 0 atom stereocenters. The Hall–Kier alpha value is -2.36. The van der Waals surface area contributed by atoms with Crippen molar-refractivity contribution in [3.8, 4) is 11.4 Å². The van der Waals surface area contributed by atoms with Crippen LogP contribution in [0, 0.1) is 0 Å². The molecule has 0 aliphatic carbocycles. The topological polar surface area (TPSA) is 35.6 Å². The van der Waals surface area contributed by atoms with Crippen LogP contribution < -0.4 is 0 Å². The van der Waals surface area contributed by atoms with E-state index < -0.39 is 0 Å². The van der Waals surface area contributed by atoms with Gasteiger partial charge in [-0.2, -0.15) is 5.10 Å². The summed E-state index contributed by atoms with van der Waals surface area (Å²) in [6.07, 6.45) is 5.57. The fraction of sp³-hybridized carbons (Fsp3) is 0.333. The molecule has 2 heterocycles. The highest BCUT2D eigenvalue weighted by molar-refractivity contribution is 5.53. The molecule has 1 aromatic carbocycles. The van der Waals surface area contributed by atoms with Crippen molar-refractivity contribution in [1.29, 1.82) is 0 Å². The summed E-state index contributed by atoms with van der Waals surface area (Å²) in [5.74, 6) is 0.829. The largest absolute Gasteiger partial charge is 0.304 e. The Kier molecular flexibility index (Phi) is 3.84. The number of aromatic nitrogens is 4. The molecule has 3 aromatic rings. The summed E-state index contributed by atoms with van der Waals surface area (Å²) in [5.41, 5.74) is 4.52. The second-order valence-corrected chi connectivity index (χ2v) is 6.17. The normalized spacial score (nSPS) is 11.5. The van der Waals surface area contributed by atoms with E-state index in [1.54, 1.807) is 6.20 Å². The van der Waals surface area contributed by atoms with E-state index in [1.807, 2.05) is 23.2 Å². The van der Waals surface area contributed by atoms with Crippen molar-refractivity contribution in [2.75, 3.05) is 0 Å². The van der Waals surface area contributed by atoms with Crippen molar-refractivity contribution in [3.63, 3.8) is 0 Å². The fourth-order valence-electron chi connectivity index (χ4n) is 2.56. The molecule has 0 unspecified atom stereocenters. The first-order valence-corrected chi connectivity index (χ1v) is 7.75. The number of benzene rings is 1. The van der Waals surface area contributed by atoms with Crippen LogP contribution in [0.4, 0.5) is 0 Å². The lowest BCUT2D eigenvalue weighted by atomic mass is 10.1. The quantitative estimate of drug-likeness (QED) is 0.719. The third-order valence-corrected chi connectivity index (χ3v) is 3.83. The average Bonchev–Trinajstić information content (AvgIpc) is 3.17. The van der Waals surface area contributed by atoms with Gasteiger partial charge in [-0.25, -0.2) is 9.67 Å². The second-order valence-electron chi connectivity index (χ2n) is 6.17. The smallest absolute Gasteiger partial charge is 0.0992 e. The van der Waals surface area contributed by atoms with Crippen molar-refractivity contribution >= 4 is 0 Å². The molecule has 0 saturated heterocycles. The van der Waals surface area contributed by atoms with Crippen molar-refractivity contribution in [2.24, 2.45) is 0 Å². The van der Waals surface area contributed by atoms with Gasteiger partial charge in [-0.1, -0.05) is 39.8 Å². The van der Waals surface area contributed by atoms with Gasteiger partial charge in [0.25, 0.3) is 0 Å². The molecule has 0 saturated carbocycles. The van der Waals surface area contributed by atoms with Gasteiger partial charge < -0.3 is 4.57 Å². The highest BCUT2D eigenvalue weighted by atomic mass is 15.3. The van der Waals surface area contributed by atoms with E-state index >= 15 is 0 Å². The molecule has 2 aromatic heterocycles. The Morgan fingerprint density at radius 1 is 0.955 bits per heavy atom. The first-order chi connectivity index (χ1) is 10.6. The van der Waals surface area contributed by atoms with Crippen LogP contribution in [-0.4, -0.2) is 19.3 Å². The summed E-state index contributed by atoms with van der Waals surface area (Å²) in [5, 5.41) is 4.85. The molecule has 0 spiro atoms. The SMILES string of the molecule is CC(C)c1cc(C(C)C)n(-c2ccccc2-n2ccnc2)n1. The van der Waals surface area contributed by atoms with Gasteiger partial charge >= 0.3 is 0 Å². The van der Waals surface area contributed by atoms with Gasteiger partial charge in [0.05, 0.1) is 23.4 Å². The molecule has 3 rings (SSSR count). The van der Waals surface area contributed by atoms with Crippen molar-refractivity contribution in [2.45, 2.75) is 39.5 Å². The number of hydrogen-bond donors (Lipinski definition) is 0. The van der Waals surface area contributed by atoms with Crippen LogP contribution in [0.1, 0.15) is 50.9 Å². The highest BCUT2D eigenvalue weighted by Gasteiger charge is 2.17. The zero-order chi connectivity index (χ0) is 15.7. The highest BCUT2D eigenvalue weighted by Crippen LogP contribution is 2.27. The van der Waals surface area contributed by atoms with E-state index in [1.165, 1.54) is 5.69 Å². The van der Waals surface area contributed by atoms with Crippen LogP contribution in [0.25, 0.3) is 11.4 Å². The molecular weight excluding hydrogens is 272 g/mol. The number of hydrogen-bond acceptors (Lipinski definition) is 2. The summed E-state index contributed by atoms with van der Waals surface area (Å²) in [7, 11) is 0. The standard InChI is InChI=1S/C18H22N4/c1-13(2)15-11-18(14(3)4)22(20-15)17-8-6-5-7-16(17)21-10-9-19-12-21/h5-14H,1-4H3. The predicted molar refractivity (Wildman–Crippen MR) is 88.9 cm³/mol. The van der Waals surface area contributed by atoms with E-state index in [0.29, 0.717) is 11.8 Å². The fourth-order valence-corrected chi connectivity index (χ4v) is 2.56. The molecule has 0 N–H and O–H groups in total. The maximum atomic E-state index is 4.85. The predicted octanol–water partition coefficient (Wildman–Crippen LogP) is 4.30. The van der Waals surface area contributed by atoms with E-state index in [0.717, 1.165) is 17.1 Å². The molecule has 0 radical (unpaired) electrons. The van der Waals surface area contributed by atoms with Crippen LogP contribution in [-0.2, 0) is 0 Å². The molecule has 4 nitrogen and oxygen atoms in total. The number of nitrogens with zero attached hydrogens (tertiary/aromatic N) is 4. The Bertz CT molecular complexity index is 751. The first kappa shape index (κ1) is 14.6.